The van der Waals surface area contributed by atoms with Crippen molar-refractivity contribution in [1.82, 2.24) is 5.32 Å². The van der Waals surface area contributed by atoms with Crippen LogP contribution in [0.4, 0.5) is 0 Å². The molecule has 0 aliphatic heterocycles. The first-order valence-electron chi connectivity index (χ1n) is 6.25. The molecule has 0 heterocycles. The van der Waals surface area contributed by atoms with Crippen LogP contribution in [-0.4, -0.2) is 29.6 Å². The quantitative estimate of drug-likeness (QED) is 0.662. The Balaban J connectivity index is 2.26. The summed E-state index contributed by atoms with van der Waals surface area (Å²) in [5, 5.41) is 11.8. The van der Waals surface area contributed by atoms with Gasteiger partial charge < -0.3 is 16.2 Å². The van der Waals surface area contributed by atoms with Gasteiger partial charge in [-0.15, -0.1) is 0 Å². The Labute approximate surface area is 102 Å². The number of hydrogen-bond donors (Lipinski definition) is 3. The minimum absolute atomic E-state index is 0.0294. The van der Waals surface area contributed by atoms with Crippen LogP contribution in [0, 0.1) is 11.8 Å². The fraction of sp³-hybridized carbons (Fsp3) is 0.833. The highest BCUT2D eigenvalue weighted by atomic mass is 16.4. The number of carboxylic acids is 1. The van der Waals surface area contributed by atoms with E-state index in [2.05, 4.69) is 5.32 Å². The lowest BCUT2D eigenvalue weighted by Crippen LogP contribution is -2.39. The van der Waals surface area contributed by atoms with Gasteiger partial charge >= 0.3 is 5.97 Å². The van der Waals surface area contributed by atoms with Gasteiger partial charge in [-0.3, -0.25) is 9.59 Å². The van der Waals surface area contributed by atoms with E-state index in [1.54, 1.807) is 0 Å². The van der Waals surface area contributed by atoms with E-state index in [0.29, 0.717) is 25.8 Å². The van der Waals surface area contributed by atoms with Crippen molar-refractivity contribution < 1.29 is 14.7 Å². The fourth-order valence-electron chi connectivity index (χ4n) is 2.17. The number of aliphatic carboxylic acids is 1. The number of carbonyl (C=O) groups is 2. The van der Waals surface area contributed by atoms with E-state index in [0.717, 1.165) is 12.8 Å². The number of rotatable bonds is 5. The van der Waals surface area contributed by atoms with E-state index in [4.69, 9.17) is 10.8 Å². The van der Waals surface area contributed by atoms with Gasteiger partial charge in [-0.05, 0) is 38.1 Å². The Bertz CT molecular complexity index is 273. The van der Waals surface area contributed by atoms with Crippen molar-refractivity contribution in [3.8, 4) is 0 Å². The highest BCUT2D eigenvalue weighted by Gasteiger charge is 2.26. The largest absolute Gasteiger partial charge is 0.481 e. The molecule has 1 atom stereocenters. The summed E-state index contributed by atoms with van der Waals surface area (Å²) in [5.74, 6) is -0.718. The zero-order valence-electron chi connectivity index (χ0n) is 10.3. The van der Waals surface area contributed by atoms with E-state index in [-0.39, 0.29) is 23.8 Å². The molecule has 1 rings (SSSR count). The second-order valence-corrected chi connectivity index (χ2v) is 5.00. The molecule has 0 radical (unpaired) electrons. The molecule has 1 unspecified atom stereocenters. The lowest BCUT2D eigenvalue weighted by molar-refractivity contribution is -0.142. The smallest absolute Gasteiger partial charge is 0.306 e. The second kappa shape index (κ2) is 6.59. The van der Waals surface area contributed by atoms with Crippen molar-refractivity contribution in [1.29, 1.82) is 0 Å². The van der Waals surface area contributed by atoms with Crippen LogP contribution >= 0.6 is 0 Å². The molecule has 0 bridgehead atoms. The number of hydrogen-bond acceptors (Lipinski definition) is 3. The Hall–Kier alpha value is -1.10. The third kappa shape index (κ3) is 4.73. The predicted octanol–water partition coefficient (Wildman–Crippen LogP) is 0.731. The molecular formula is C12H22N2O3. The van der Waals surface area contributed by atoms with Crippen molar-refractivity contribution >= 4 is 11.9 Å². The molecule has 1 saturated carbocycles. The van der Waals surface area contributed by atoms with Gasteiger partial charge in [-0.1, -0.05) is 6.92 Å². The van der Waals surface area contributed by atoms with Gasteiger partial charge in [0.2, 0.25) is 5.91 Å². The Morgan fingerprint density at radius 1 is 1.35 bits per heavy atom. The predicted molar refractivity (Wildman–Crippen MR) is 64.4 cm³/mol. The monoisotopic (exact) mass is 242 g/mol. The average molecular weight is 242 g/mol. The summed E-state index contributed by atoms with van der Waals surface area (Å²) < 4.78 is 0. The zero-order valence-corrected chi connectivity index (χ0v) is 10.3. The molecular weight excluding hydrogens is 220 g/mol. The Kier molecular flexibility index (Phi) is 5.41. The molecule has 1 amide bonds. The van der Waals surface area contributed by atoms with Crippen molar-refractivity contribution in [2.24, 2.45) is 17.6 Å². The van der Waals surface area contributed by atoms with Gasteiger partial charge in [0, 0.05) is 12.5 Å². The zero-order chi connectivity index (χ0) is 12.8. The maximum absolute atomic E-state index is 11.6. The minimum atomic E-state index is -0.716. The summed E-state index contributed by atoms with van der Waals surface area (Å²) in [6, 6.07) is 0.142. The molecule has 5 heteroatoms. The number of carbonyl (C=O) groups excluding carboxylic acids is 1. The van der Waals surface area contributed by atoms with Crippen molar-refractivity contribution in [3.05, 3.63) is 0 Å². The maximum atomic E-state index is 11.6. The summed E-state index contributed by atoms with van der Waals surface area (Å²) >= 11 is 0. The van der Waals surface area contributed by atoms with Crippen LogP contribution in [0.1, 0.15) is 39.0 Å². The van der Waals surface area contributed by atoms with Crippen molar-refractivity contribution in [2.45, 2.75) is 45.1 Å². The Morgan fingerprint density at radius 3 is 2.41 bits per heavy atom. The highest BCUT2D eigenvalue weighted by Crippen LogP contribution is 2.24. The molecule has 4 N–H and O–H groups in total. The number of nitrogens with two attached hydrogens (primary N) is 1. The molecule has 0 aromatic heterocycles. The van der Waals surface area contributed by atoms with Crippen molar-refractivity contribution in [3.63, 3.8) is 0 Å². The first-order chi connectivity index (χ1) is 8.02. The van der Waals surface area contributed by atoms with Gasteiger partial charge in [-0.25, -0.2) is 0 Å². The van der Waals surface area contributed by atoms with Crippen LogP contribution in [0.25, 0.3) is 0 Å². The van der Waals surface area contributed by atoms with Crippen LogP contribution in [0.2, 0.25) is 0 Å². The number of amides is 1. The molecule has 1 fully saturated rings. The molecule has 1 aliphatic rings. The molecule has 0 saturated heterocycles. The van der Waals surface area contributed by atoms with Gasteiger partial charge in [0.05, 0.1) is 5.92 Å². The SMILES string of the molecule is CC(CN)CC(=O)NC1CCC(C(=O)O)CC1. The first-order valence-corrected chi connectivity index (χ1v) is 6.25. The molecule has 5 nitrogen and oxygen atoms in total. The lowest BCUT2D eigenvalue weighted by atomic mass is 9.86. The Morgan fingerprint density at radius 2 is 1.94 bits per heavy atom. The fourth-order valence-corrected chi connectivity index (χ4v) is 2.17. The average Bonchev–Trinajstić information content (AvgIpc) is 2.29. The van der Waals surface area contributed by atoms with Crippen LogP contribution < -0.4 is 11.1 Å². The van der Waals surface area contributed by atoms with Gasteiger partial charge in [0.15, 0.2) is 0 Å². The van der Waals surface area contributed by atoms with E-state index in [9.17, 15) is 9.59 Å². The molecule has 0 aromatic carbocycles. The molecule has 98 valence electrons. The molecule has 17 heavy (non-hydrogen) atoms. The standard InChI is InChI=1S/C12H22N2O3/c1-8(7-13)6-11(15)14-10-4-2-9(3-5-10)12(16)17/h8-10H,2-7,13H2,1H3,(H,14,15)(H,16,17). The minimum Gasteiger partial charge on any atom is -0.481 e. The topological polar surface area (TPSA) is 92.4 Å². The first kappa shape index (κ1) is 14.0. The van der Waals surface area contributed by atoms with Gasteiger partial charge in [-0.2, -0.15) is 0 Å². The van der Waals surface area contributed by atoms with E-state index < -0.39 is 5.97 Å². The van der Waals surface area contributed by atoms with Crippen LogP contribution in [0.15, 0.2) is 0 Å². The molecule has 0 spiro atoms. The second-order valence-electron chi connectivity index (χ2n) is 5.00. The lowest BCUT2D eigenvalue weighted by Gasteiger charge is -2.27. The normalized spacial score (nSPS) is 26.2. The van der Waals surface area contributed by atoms with Crippen LogP contribution in [-0.2, 0) is 9.59 Å². The highest BCUT2D eigenvalue weighted by molar-refractivity contribution is 5.76. The maximum Gasteiger partial charge on any atom is 0.306 e. The van der Waals surface area contributed by atoms with E-state index in [1.165, 1.54) is 0 Å². The van der Waals surface area contributed by atoms with Crippen LogP contribution in [0.5, 0.6) is 0 Å². The van der Waals surface area contributed by atoms with Gasteiger partial charge in [0.25, 0.3) is 0 Å². The van der Waals surface area contributed by atoms with Crippen molar-refractivity contribution in [2.75, 3.05) is 6.54 Å². The van der Waals surface area contributed by atoms with Gasteiger partial charge in [0.1, 0.15) is 0 Å². The summed E-state index contributed by atoms with van der Waals surface area (Å²) in [7, 11) is 0. The third-order valence-corrected chi connectivity index (χ3v) is 3.38. The molecule has 1 aliphatic carbocycles. The molecule has 0 aromatic rings. The van der Waals surface area contributed by atoms with Crippen LogP contribution in [0.3, 0.4) is 0 Å². The summed E-state index contributed by atoms with van der Waals surface area (Å²) in [6.45, 7) is 2.46. The number of carboxylic acid groups (broad SMARTS) is 1. The number of nitrogens with one attached hydrogen (secondary N) is 1. The van der Waals surface area contributed by atoms with E-state index in [1.807, 2.05) is 6.92 Å². The van der Waals surface area contributed by atoms with E-state index >= 15 is 0 Å². The summed E-state index contributed by atoms with van der Waals surface area (Å²) in [6.07, 6.45) is 3.30. The summed E-state index contributed by atoms with van der Waals surface area (Å²) in [5.41, 5.74) is 5.46. The third-order valence-electron chi connectivity index (χ3n) is 3.38. The summed E-state index contributed by atoms with van der Waals surface area (Å²) in [4.78, 5) is 22.4.